The van der Waals surface area contributed by atoms with Gasteiger partial charge in [-0.05, 0) is 40.0 Å². The van der Waals surface area contributed by atoms with Crippen LogP contribution in [0.2, 0.25) is 0 Å². The Kier molecular flexibility index (Phi) is 7.15. The van der Waals surface area contributed by atoms with Crippen LogP contribution in [0, 0.1) is 11.8 Å². The average Bonchev–Trinajstić information content (AvgIpc) is 2.86. The maximum Gasteiger partial charge on any atom is 0.336 e. The Labute approximate surface area is 127 Å². The van der Waals surface area contributed by atoms with E-state index < -0.39 is 24.0 Å². The number of rotatable bonds is 7. The molecule has 0 aromatic carbocycles. The van der Waals surface area contributed by atoms with Gasteiger partial charge in [0.05, 0.1) is 18.1 Å². The molecular weight excluding hydrogens is 272 g/mol. The minimum Gasteiger partial charge on any atom is -0.463 e. The van der Waals surface area contributed by atoms with Crippen LogP contribution in [0.1, 0.15) is 59.8 Å². The van der Waals surface area contributed by atoms with Gasteiger partial charge >= 0.3 is 11.9 Å². The molecule has 1 fully saturated rings. The van der Waals surface area contributed by atoms with E-state index in [9.17, 15) is 14.7 Å². The van der Waals surface area contributed by atoms with Gasteiger partial charge in [0.15, 0.2) is 6.10 Å². The molecule has 0 aromatic heterocycles. The van der Waals surface area contributed by atoms with Crippen molar-refractivity contribution in [2.45, 2.75) is 78.1 Å². The van der Waals surface area contributed by atoms with Crippen LogP contribution in [0.5, 0.6) is 0 Å². The monoisotopic (exact) mass is 300 g/mol. The van der Waals surface area contributed by atoms with Crippen molar-refractivity contribution in [2.24, 2.45) is 11.8 Å². The van der Waals surface area contributed by atoms with Crippen LogP contribution >= 0.6 is 0 Å². The second-order valence-corrected chi connectivity index (χ2v) is 6.41. The van der Waals surface area contributed by atoms with E-state index in [1.165, 1.54) is 0 Å². The highest BCUT2D eigenvalue weighted by Crippen LogP contribution is 2.32. The highest BCUT2D eigenvalue weighted by Gasteiger charge is 2.37. The van der Waals surface area contributed by atoms with Crippen molar-refractivity contribution in [3.63, 3.8) is 0 Å². The van der Waals surface area contributed by atoms with Crippen LogP contribution in [0.25, 0.3) is 0 Å². The molecule has 0 aliphatic heterocycles. The molecule has 1 rings (SSSR count). The fraction of sp³-hybridized carbons (Fsp3) is 0.875. The lowest BCUT2D eigenvalue weighted by atomic mass is 9.89. The third-order valence-electron chi connectivity index (χ3n) is 3.69. The fourth-order valence-electron chi connectivity index (χ4n) is 2.75. The summed E-state index contributed by atoms with van der Waals surface area (Å²) in [6, 6.07) is 0. The first kappa shape index (κ1) is 18.0. The summed E-state index contributed by atoms with van der Waals surface area (Å²) in [5.74, 6) is -1.71. The number of carbonyl (C=O) groups excluding carboxylic acids is 2. The Morgan fingerprint density at radius 3 is 1.95 bits per heavy atom. The summed E-state index contributed by atoms with van der Waals surface area (Å²) in [7, 11) is 0. The van der Waals surface area contributed by atoms with Crippen LogP contribution < -0.4 is 0 Å². The Balaban J connectivity index is 2.73. The second-order valence-electron chi connectivity index (χ2n) is 6.41. The molecule has 1 aliphatic carbocycles. The fourth-order valence-corrected chi connectivity index (χ4v) is 2.75. The minimum atomic E-state index is -1.45. The van der Waals surface area contributed by atoms with Gasteiger partial charge in [0.25, 0.3) is 0 Å². The first-order valence-corrected chi connectivity index (χ1v) is 7.90. The molecule has 0 aromatic rings. The molecule has 2 atom stereocenters. The van der Waals surface area contributed by atoms with Gasteiger partial charge in [0.2, 0.25) is 0 Å². The van der Waals surface area contributed by atoms with E-state index in [4.69, 9.17) is 9.47 Å². The van der Waals surface area contributed by atoms with Gasteiger partial charge < -0.3 is 14.6 Å². The van der Waals surface area contributed by atoms with E-state index >= 15 is 0 Å². The third kappa shape index (κ3) is 6.04. The van der Waals surface area contributed by atoms with E-state index in [0.717, 1.165) is 25.7 Å². The zero-order chi connectivity index (χ0) is 16.0. The van der Waals surface area contributed by atoms with Gasteiger partial charge in [0, 0.05) is 0 Å². The van der Waals surface area contributed by atoms with E-state index in [1.54, 1.807) is 27.7 Å². The second kappa shape index (κ2) is 8.37. The molecule has 1 saturated carbocycles. The molecule has 0 spiro atoms. The summed E-state index contributed by atoms with van der Waals surface area (Å²) in [5.41, 5.74) is 0. The van der Waals surface area contributed by atoms with Crippen LogP contribution in [0.15, 0.2) is 0 Å². The topological polar surface area (TPSA) is 72.8 Å². The molecule has 1 aliphatic rings. The SMILES string of the molecule is CC(C)OC(=O)[C@@H](O)[C@@H](CC1CCCC1)C(=O)OC(C)C. The van der Waals surface area contributed by atoms with Crippen LogP contribution in [-0.4, -0.2) is 35.4 Å². The predicted molar refractivity (Wildman–Crippen MR) is 78.5 cm³/mol. The first-order valence-electron chi connectivity index (χ1n) is 7.90. The molecular formula is C16H28O5. The summed E-state index contributed by atoms with van der Waals surface area (Å²) in [6.45, 7) is 6.93. The van der Waals surface area contributed by atoms with Crippen LogP contribution in [0.3, 0.4) is 0 Å². The van der Waals surface area contributed by atoms with Gasteiger partial charge in [-0.1, -0.05) is 25.7 Å². The van der Waals surface area contributed by atoms with Crippen molar-refractivity contribution < 1.29 is 24.2 Å². The number of carbonyl (C=O) groups is 2. The van der Waals surface area contributed by atoms with Crippen LogP contribution in [0.4, 0.5) is 0 Å². The largest absolute Gasteiger partial charge is 0.463 e. The zero-order valence-corrected chi connectivity index (χ0v) is 13.5. The quantitative estimate of drug-likeness (QED) is 0.731. The van der Waals surface area contributed by atoms with Crippen molar-refractivity contribution in [3.05, 3.63) is 0 Å². The van der Waals surface area contributed by atoms with Gasteiger partial charge in [-0.2, -0.15) is 0 Å². The standard InChI is InChI=1S/C16H28O5/c1-10(2)20-15(18)13(9-12-7-5-6-8-12)14(17)16(19)21-11(3)4/h10-14,17H,5-9H2,1-4H3/t13-,14+/m1/s1. The normalized spacial score (nSPS) is 18.8. The van der Waals surface area contributed by atoms with Crippen molar-refractivity contribution in [1.82, 2.24) is 0 Å². The Morgan fingerprint density at radius 2 is 1.48 bits per heavy atom. The van der Waals surface area contributed by atoms with E-state index in [0.29, 0.717) is 12.3 Å². The van der Waals surface area contributed by atoms with Crippen LogP contribution in [-0.2, 0) is 19.1 Å². The highest BCUT2D eigenvalue weighted by molar-refractivity contribution is 5.83. The minimum absolute atomic E-state index is 0.267. The van der Waals surface area contributed by atoms with E-state index in [-0.39, 0.29) is 12.2 Å². The Hall–Kier alpha value is -1.10. The lowest BCUT2D eigenvalue weighted by molar-refractivity contribution is -0.171. The molecule has 0 radical (unpaired) electrons. The maximum absolute atomic E-state index is 12.2. The van der Waals surface area contributed by atoms with Crippen molar-refractivity contribution in [1.29, 1.82) is 0 Å². The Morgan fingerprint density at radius 1 is 1.00 bits per heavy atom. The van der Waals surface area contributed by atoms with Crippen molar-refractivity contribution in [2.75, 3.05) is 0 Å². The van der Waals surface area contributed by atoms with Gasteiger partial charge in [-0.25, -0.2) is 4.79 Å². The van der Waals surface area contributed by atoms with E-state index in [1.807, 2.05) is 0 Å². The van der Waals surface area contributed by atoms with Crippen molar-refractivity contribution >= 4 is 11.9 Å². The lowest BCUT2D eigenvalue weighted by Crippen LogP contribution is -2.39. The predicted octanol–water partition coefficient (Wildman–Crippen LogP) is 2.45. The lowest BCUT2D eigenvalue weighted by Gasteiger charge is -2.24. The summed E-state index contributed by atoms with van der Waals surface area (Å²) in [4.78, 5) is 24.1. The number of aliphatic hydroxyl groups is 1. The molecule has 122 valence electrons. The zero-order valence-electron chi connectivity index (χ0n) is 13.5. The summed E-state index contributed by atoms with van der Waals surface area (Å²) in [5, 5.41) is 10.2. The first-order chi connectivity index (χ1) is 9.81. The molecule has 5 heteroatoms. The Bertz CT molecular complexity index is 345. The number of hydrogen-bond acceptors (Lipinski definition) is 5. The highest BCUT2D eigenvalue weighted by atomic mass is 16.6. The summed E-state index contributed by atoms with van der Waals surface area (Å²) < 4.78 is 10.2. The molecule has 0 bridgehead atoms. The average molecular weight is 300 g/mol. The third-order valence-corrected chi connectivity index (χ3v) is 3.69. The maximum atomic E-state index is 12.2. The smallest absolute Gasteiger partial charge is 0.336 e. The van der Waals surface area contributed by atoms with Gasteiger partial charge in [0.1, 0.15) is 0 Å². The van der Waals surface area contributed by atoms with Crippen molar-refractivity contribution in [3.8, 4) is 0 Å². The van der Waals surface area contributed by atoms with Gasteiger partial charge in [-0.3, -0.25) is 4.79 Å². The molecule has 0 unspecified atom stereocenters. The molecule has 0 saturated heterocycles. The number of ether oxygens (including phenoxy) is 2. The molecule has 21 heavy (non-hydrogen) atoms. The molecule has 5 nitrogen and oxygen atoms in total. The summed E-state index contributed by atoms with van der Waals surface area (Å²) >= 11 is 0. The number of aliphatic hydroxyl groups excluding tert-OH is 1. The summed E-state index contributed by atoms with van der Waals surface area (Å²) in [6.07, 6.45) is 2.82. The molecule has 0 heterocycles. The molecule has 1 N–H and O–H groups in total. The van der Waals surface area contributed by atoms with Gasteiger partial charge in [-0.15, -0.1) is 0 Å². The van der Waals surface area contributed by atoms with E-state index in [2.05, 4.69) is 0 Å². The number of esters is 2. The molecule has 0 amide bonds. The number of hydrogen-bond donors (Lipinski definition) is 1.